The molecule has 0 aromatic heterocycles. The molecule has 3 rings (SSSR count). The minimum atomic E-state index is -0.0356. The van der Waals surface area contributed by atoms with Crippen LogP contribution in [0.15, 0.2) is 53.5 Å². The van der Waals surface area contributed by atoms with Crippen LogP contribution in [0.5, 0.6) is 5.75 Å². The molecular formula is C21H21N3O2S2. The van der Waals surface area contributed by atoms with Gasteiger partial charge < -0.3 is 9.64 Å². The van der Waals surface area contributed by atoms with E-state index in [9.17, 15) is 4.79 Å². The summed E-state index contributed by atoms with van der Waals surface area (Å²) in [6.07, 6.45) is 0.284. The first-order chi connectivity index (χ1) is 13.7. The number of benzene rings is 2. The molecule has 1 amide bonds. The summed E-state index contributed by atoms with van der Waals surface area (Å²) in [5.74, 6) is 1.88. The van der Waals surface area contributed by atoms with Gasteiger partial charge in [0, 0.05) is 18.0 Å². The third kappa shape index (κ3) is 5.31. The number of anilines is 1. The number of rotatable bonds is 7. The van der Waals surface area contributed by atoms with Crippen LogP contribution >= 0.6 is 23.5 Å². The van der Waals surface area contributed by atoms with Crippen LogP contribution in [0.1, 0.15) is 18.9 Å². The molecule has 0 N–H and O–H groups in total. The van der Waals surface area contributed by atoms with Crippen LogP contribution in [0.3, 0.4) is 0 Å². The van der Waals surface area contributed by atoms with E-state index < -0.39 is 0 Å². The average molecular weight is 412 g/mol. The smallest absolute Gasteiger partial charge is 0.237 e. The number of aliphatic imine (C=N–C) groups is 1. The molecule has 2 aromatic rings. The number of thioether (sulfide) groups is 2. The Hall–Kier alpha value is -2.43. The second-order valence-electron chi connectivity index (χ2n) is 5.96. The number of fused-ring (bicyclic) bond motifs is 1. The molecule has 5 nitrogen and oxygen atoms in total. The lowest BCUT2D eigenvalue weighted by Crippen LogP contribution is -2.33. The Kier molecular flexibility index (Phi) is 7.40. The van der Waals surface area contributed by atoms with Gasteiger partial charge in [-0.05, 0) is 42.8 Å². The number of ether oxygens (including phenoxy) is 1. The van der Waals surface area contributed by atoms with Gasteiger partial charge in [-0.1, -0.05) is 41.7 Å². The third-order valence-electron chi connectivity index (χ3n) is 4.08. The summed E-state index contributed by atoms with van der Waals surface area (Å²) in [5.41, 5.74) is 2.96. The highest BCUT2D eigenvalue weighted by Crippen LogP contribution is 2.34. The summed E-state index contributed by atoms with van der Waals surface area (Å²) in [4.78, 5) is 19.2. The highest BCUT2D eigenvalue weighted by molar-refractivity contribution is 8.38. The maximum atomic E-state index is 12.8. The molecule has 144 valence electrons. The van der Waals surface area contributed by atoms with Crippen molar-refractivity contribution < 1.29 is 9.53 Å². The van der Waals surface area contributed by atoms with Gasteiger partial charge in [-0.2, -0.15) is 5.26 Å². The summed E-state index contributed by atoms with van der Waals surface area (Å²) >= 11 is 3.10. The van der Waals surface area contributed by atoms with Crippen molar-refractivity contribution in [1.82, 2.24) is 0 Å². The third-order valence-corrected chi connectivity index (χ3v) is 6.31. The first-order valence-electron chi connectivity index (χ1n) is 9.03. The standard InChI is InChI=1S/C21H21N3O2S2/c1-2-26-18-10-8-17(9-11-18)24(13-5-12-22)20(25)15-28-21-23-19-7-4-3-6-16(19)14-27-21/h3-4,6-11H,2,5,13-15H2,1H3. The Morgan fingerprint density at radius 1 is 1.29 bits per heavy atom. The topological polar surface area (TPSA) is 65.7 Å². The maximum absolute atomic E-state index is 12.8. The molecule has 0 saturated heterocycles. The number of nitriles is 1. The number of carbonyl (C=O) groups excluding carboxylic acids is 1. The first kappa shape index (κ1) is 20.3. The zero-order chi connectivity index (χ0) is 19.8. The molecular weight excluding hydrogens is 390 g/mol. The van der Waals surface area contributed by atoms with Crippen molar-refractivity contribution in [3.05, 3.63) is 54.1 Å². The Morgan fingerprint density at radius 2 is 2.07 bits per heavy atom. The van der Waals surface area contributed by atoms with Crippen LogP contribution in [0, 0.1) is 11.3 Å². The number of nitrogens with zero attached hydrogens (tertiary/aromatic N) is 3. The van der Waals surface area contributed by atoms with E-state index >= 15 is 0 Å². The highest BCUT2D eigenvalue weighted by Gasteiger charge is 2.19. The highest BCUT2D eigenvalue weighted by atomic mass is 32.2. The molecule has 0 bridgehead atoms. The van der Waals surface area contributed by atoms with E-state index in [4.69, 9.17) is 10.00 Å². The quantitative estimate of drug-likeness (QED) is 0.641. The van der Waals surface area contributed by atoms with E-state index in [0.717, 1.165) is 27.3 Å². The number of hydrogen-bond acceptors (Lipinski definition) is 6. The molecule has 0 fully saturated rings. The van der Waals surface area contributed by atoms with Crippen molar-refractivity contribution >= 4 is 45.2 Å². The van der Waals surface area contributed by atoms with Crippen LogP contribution in [0.25, 0.3) is 0 Å². The molecule has 0 radical (unpaired) electrons. The van der Waals surface area contributed by atoms with Crippen LogP contribution in [0.4, 0.5) is 11.4 Å². The molecule has 0 unspecified atom stereocenters. The second-order valence-corrected chi connectivity index (χ2v) is 8.15. The van der Waals surface area contributed by atoms with Gasteiger partial charge in [-0.15, -0.1) is 0 Å². The molecule has 2 aromatic carbocycles. The fourth-order valence-corrected chi connectivity index (χ4v) is 4.67. The van der Waals surface area contributed by atoms with E-state index in [-0.39, 0.29) is 18.1 Å². The normalized spacial score (nSPS) is 12.5. The number of amides is 1. The Morgan fingerprint density at radius 3 is 2.82 bits per heavy atom. The lowest BCUT2D eigenvalue weighted by Gasteiger charge is -2.22. The van der Waals surface area contributed by atoms with Gasteiger partial charge in [0.15, 0.2) is 0 Å². The summed E-state index contributed by atoms with van der Waals surface area (Å²) in [6, 6.07) is 17.6. The van der Waals surface area contributed by atoms with Crippen molar-refractivity contribution in [2.75, 3.05) is 23.8 Å². The molecule has 1 aliphatic heterocycles. The van der Waals surface area contributed by atoms with E-state index in [1.807, 2.05) is 49.4 Å². The van der Waals surface area contributed by atoms with Crippen molar-refractivity contribution in [3.8, 4) is 11.8 Å². The van der Waals surface area contributed by atoms with Gasteiger partial charge in [-0.3, -0.25) is 4.79 Å². The van der Waals surface area contributed by atoms with Crippen molar-refractivity contribution in [3.63, 3.8) is 0 Å². The molecule has 0 spiro atoms. The summed E-state index contributed by atoms with van der Waals surface area (Å²) in [6.45, 7) is 2.89. The predicted molar refractivity (Wildman–Crippen MR) is 117 cm³/mol. The van der Waals surface area contributed by atoms with E-state index in [1.165, 1.54) is 17.3 Å². The minimum absolute atomic E-state index is 0.0356. The van der Waals surface area contributed by atoms with Gasteiger partial charge in [0.25, 0.3) is 0 Å². The van der Waals surface area contributed by atoms with Crippen LogP contribution in [-0.2, 0) is 10.5 Å². The van der Waals surface area contributed by atoms with Gasteiger partial charge in [0.2, 0.25) is 5.91 Å². The molecule has 7 heteroatoms. The largest absolute Gasteiger partial charge is 0.494 e. The van der Waals surface area contributed by atoms with Gasteiger partial charge >= 0.3 is 0 Å². The van der Waals surface area contributed by atoms with Crippen molar-refractivity contribution in [1.29, 1.82) is 5.26 Å². The fraction of sp³-hybridized carbons (Fsp3) is 0.286. The monoisotopic (exact) mass is 411 g/mol. The molecule has 1 aliphatic rings. The van der Waals surface area contributed by atoms with Crippen molar-refractivity contribution in [2.45, 2.75) is 19.1 Å². The van der Waals surface area contributed by atoms with E-state index in [0.29, 0.717) is 13.2 Å². The van der Waals surface area contributed by atoms with Crippen molar-refractivity contribution in [2.24, 2.45) is 4.99 Å². The number of carbonyl (C=O) groups is 1. The first-order valence-corrected chi connectivity index (χ1v) is 11.0. The zero-order valence-electron chi connectivity index (χ0n) is 15.6. The molecule has 0 atom stereocenters. The van der Waals surface area contributed by atoms with Gasteiger partial charge in [0.1, 0.15) is 10.1 Å². The van der Waals surface area contributed by atoms with Crippen LogP contribution in [-0.4, -0.2) is 29.2 Å². The van der Waals surface area contributed by atoms with Gasteiger partial charge in [-0.25, -0.2) is 4.99 Å². The van der Waals surface area contributed by atoms with E-state index in [2.05, 4.69) is 17.1 Å². The lowest BCUT2D eigenvalue weighted by atomic mass is 10.2. The maximum Gasteiger partial charge on any atom is 0.237 e. The zero-order valence-corrected chi connectivity index (χ0v) is 17.3. The Labute approximate surface area is 173 Å². The molecule has 28 heavy (non-hydrogen) atoms. The predicted octanol–water partition coefficient (Wildman–Crippen LogP) is 5.00. The summed E-state index contributed by atoms with van der Waals surface area (Å²) < 4.78 is 6.36. The number of para-hydroxylation sites is 1. The average Bonchev–Trinajstić information content (AvgIpc) is 2.73. The fourth-order valence-electron chi connectivity index (χ4n) is 2.74. The van der Waals surface area contributed by atoms with Crippen LogP contribution in [0.2, 0.25) is 0 Å². The molecule has 0 saturated carbocycles. The van der Waals surface area contributed by atoms with Gasteiger partial charge in [0.05, 0.1) is 30.5 Å². The Balaban J connectivity index is 1.66. The summed E-state index contributed by atoms with van der Waals surface area (Å²) in [7, 11) is 0. The molecule has 0 aliphatic carbocycles. The SMILES string of the molecule is CCOc1ccc(N(CCC#N)C(=O)CSC2=Nc3ccccc3CS2)cc1. The Bertz CT molecular complexity index is 891. The summed E-state index contributed by atoms with van der Waals surface area (Å²) in [5, 5.41) is 8.95. The minimum Gasteiger partial charge on any atom is -0.494 e. The molecule has 1 heterocycles. The number of hydrogen-bond donors (Lipinski definition) is 0. The van der Waals surface area contributed by atoms with E-state index in [1.54, 1.807) is 16.7 Å². The second kappa shape index (κ2) is 10.2. The lowest BCUT2D eigenvalue weighted by molar-refractivity contribution is -0.116. The van der Waals surface area contributed by atoms with Crippen LogP contribution < -0.4 is 9.64 Å².